The Balaban J connectivity index is 1.61. The minimum absolute atomic E-state index is 0.186. The SMILES string of the molecule is C=C(N)CNC(=O)c1cnc(-c2cccc3cc(Cc4cccc(C(F)(F)F)c4)sc23)s1. The van der Waals surface area contributed by atoms with E-state index in [-0.39, 0.29) is 12.5 Å². The Bertz CT molecular complexity index is 1310. The number of benzene rings is 2. The lowest BCUT2D eigenvalue weighted by atomic mass is 10.1. The van der Waals surface area contributed by atoms with Crippen molar-refractivity contribution in [2.24, 2.45) is 5.73 Å². The number of alkyl halides is 3. The second-order valence-corrected chi connectivity index (χ2v) is 9.35. The first-order valence-electron chi connectivity index (χ1n) is 9.56. The zero-order chi connectivity index (χ0) is 22.9. The molecule has 2 heterocycles. The Labute approximate surface area is 190 Å². The predicted molar refractivity (Wildman–Crippen MR) is 123 cm³/mol. The number of nitrogens with zero attached hydrogens (tertiary/aromatic N) is 1. The van der Waals surface area contributed by atoms with Crippen molar-refractivity contribution < 1.29 is 18.0 Å². The van der Waals surface area contributed by atoms with Crippen LogP contribution in [0.25, 0.3) is 20.7 Å². The lowest BCUT2D eigenvalue weighted by molar-refractivity contribution is -0.137. The van der Waals surface area contributed by atoms with E-state index < -0.39 is 11.7 Å². The second-order valence-electron chi connectivity index (χ2n) is 7.18. The summed E-state index contributed by atoms with van der Waals surface area (Å²) >= 11 is 2.78. The van der Waals surface area contributed by atoms with Crippen molar-refractivity contribution in [3.8, 4) is 10.6 Å². The highest BCUT2D eigenvalue weighted by Gasteiger charge is 2.30. The number of nitrogens with one attached hydrogen (secondary N) is 1. The van der Waals surface area contributed by atoms with E-state index in [1.165, 1.54) is 41.0 Å². The first-order chi connectivity index (χ1) is 15.2. The molecule has 3 N–H and O–H groups in total. The molecule has 2 aromatic carbocycles. The van der Waals surface area contributed by atoms with Gasteiger partial charge in [-0.25, -0.2) is 4.98 Å². The van der Waals surface area contributed by atoms with Crippen molar-refractivity contribution >= 4 is 38.7 Å². The van der Waals surface area contributed by atoms with Crippen molar-refractivity contribution in [2.75, 3.05) is 6.54 Å². The summed E-state index contributed by atoms with van der Waals surface area (Å²) in [6, 6.07) is 13.2. The molecule has 4 rings (SSSR count). The van der Waals surface area contributed by atoms with Crippen molar-refractivity contribution in [3.63, 3.8) is 0 Å². The fourth-order valence-electron chi connectivity index (χ4n) is 3.22. The zero-order valence-electron chi connectivity index (χ0n) is 16.7. The van der Waals surface area contributed by atoms with Gasteiger partial charge in [-0.3, -0.25) is 4.79 Å². The van der Waals surface area contributed by atoms with E-state index in [0.29, 0.717) is 27.6 Å². The molecule has 0 bridgehead atoms. The highest BCUT2D eigenvalue weighted by molar-refractivity contribution is 7.21. The molecular formula is C23H18F3N3OS2. The second kappa shape index (κ2) is 8.76. The van der Waals surface area contributed by atoms with Gasteiger partial charge in [0.25, 0.3) is 5.91 Å². The molecule has 0 saturated heterocycles. The Morgan fingerprint density at radius 3 is 2.66 bits per heavy atom. The molecule has 164 valence electrons. The monoisotopic (exact) mass is 473 g/mol. The molecule has 9 heteroatoms. The Hall–Kier alpha value is -3.17. The molecule has 0 saturated carbocycles. The number of fused-ring (bicyclic) bond motifs is 1. The average molecular weight is 474 g/mol. The van der Waals surface area contributed by atoms with Crippen molar-refractivity contribution in [1.29, 1.82) is 0 Å². The van der Waals surface area contributed by atoms with Crippen LogP contribution < -0.4 is 11.1 Å². The van der Waals surface area contributed by atoms with Gasteiger partial charge in [-0.05, 0) is 23.1 Å². The molecular weight excluding hydrogens is 455 g/mol. The summed E-state index contributed by atoms with van der Waals surface area (Å²) in [5.41, 5.74) is 6.68. The number of carbonyl (C=O) groups excluding carboxylic acids is 1. The lowest BCUT2D eigenvalue weighted by Gasteiger charge is -2.08. The number of nitrogens with two attached hydrogens (primary N) is 1. The molecule has 0 aliphatic carbocycles. The third-order valence-electron chi connectivity index (χ3n) is 4.66. The van der Waals surface area contributed by atoms with Crippen LogP contribution in [0.15, 0.2) is 67.0 Å². The van der Waals surface area contributed by atoms with Crippen LogP contribution in [0.3, 0.4) is 0 Å². The van der Waals surface area contributed by atoms with Gasteiger partial charge in [0.05, 0.1) is 18.3 Å². The van der Waals surface area contributed by atoms with Crippen molar-refractivity contribution in [1.82, 2.24) is 10.3 Å². The van der Waals surface area contributed by atoms with Crippen molar-refractivity contribution in [3.05, 3.63) is 87.9 Å². The summed E-state index contributed by atoms with van der Waals surface area (Å²) in [4.78, 5) is 18.1. The molecule has 4 aromatic rings. The molecule has 0 fully saturated rings. The normalized spacial score (nSPS) is 11.6. The quantitative estimate of drug-likeness (QED) is 0.370. The molecule has 32 heavy (non-hydrogen) atoms. The largest absolute Gasteiger partial charge is 0.416 e. The van der Waals surface area contributed by atoms with Crippen LogP contribution in [0, 0.1) is 0 Å². The van der Waals surface area contributed by atoms with Crippen LogP contribution in [0.2, 0.25) is 0 Å². The van der Waals surface area contributed by atoms with Crippen LogP contribution in [0.4, 0.5) is 13.2 Å². The highest BCUT2D eigenvalue weighted by Crippen LogP contribution is 2.38. The molecule has 0 unspecified atom stereocenters. The number of aromatic nitrogens is 1. The van der Waals surface area contributed by atoms with Crippen LogP contribution in [-0.2, 0) is 12.6 Å². The molecule has 0 spiro atoms. The van der Waals surface area contributed by atoms with E-state index in [2.05, 4.69) is 16.9 Å². The Morgan fingerprint density at radius 2 is 1.91 bits per heavy atom. The van der Waals surface area contributed by atoms with E-state index in [4.69, 9.17) is 5.73 Å². The molecule has 2 aromatic heterocycles. The predicted octanol–water partition coefficient (Wildman–Crippen LogP) is 5.84. The number of hydrogen-bond acceptors (Lipinski definition) is 5. The van der Waals surface area contributed by atoms with Gasteiger partial charge in [0, 0.05) is 27.3 Å². The number of hydrogen-bond donors (Lipinski definition) is 2. The smallest absolute Gasteiger partial charge is 0.401 e. The summed E-state index contributed by atoms with van der Waals surface area (Å²) in [6.45, 7) is 3.74. The molecule has 0 aliphatic rings. The highest BCUT2D eigenvalue weighted by atomic mass is 32.1. The minimum Gasteiger partial charge on any atom is -0.401 e. The average Bonchev–Trinajstić information content (AvgIpc) is 3.38. The number of carbonyl (C=O) groups is 1. The summed E-state index contributed by atoms with van der Waals surface area (Å²) in [5.74, 6) is -0.274. The van der Waals surface area contributed by atoms with Crippen LogP contribution in [0.5, 0.6) is 0 Å². The summed E-state index contributed by atoms with van der Waals surface area (Å²) in [6.07, 6.45) is -2.45. The molecule has 1 amide bonds. The van der Waals surface area contributed by atoms with Gasteiger partial charge in [-0.1, -0.05) is 43.0 Å². The first-order valence-corrected chi connectivity index (χ1v) is 11.2. The van der Waals surface area contributed by atoms with Crippen LogP contribution >= 0.6 is 22.7 Å². The standard InChI is InChI=1S/C23H18F3N3OS2/c1-13(27)11-28-21(30)19-12-29-22(32-19)18-7-3-5-15-10-17(31-20(15)18)9-14-4-2-6-16(8-14)23(24,25)26/h2-8,10,12H,1,9,11,27H2,(H,28,30). The van der Waals surface area contributed by atoms with Gasteiger partial charge >= 0.3 is 6.18 Å². The van der Waals surface area contributed by atoms with Gasteiger partial charge in [0.15, 0.2) is 0 Å². The molecule has 0 atom stereocenters. The molecule has 4 nitrogen and oxygen atoms in total. The molecule has 0 radical (unpaired) electrons. The number of halogens is 3. The third-order valence-corrected chi connectivity index (χ3v) is 6.88. The fraction of sp³-hybridized carbons (Fsp3) is 0.130. The van der Waals surface area contributed by atoms with E-state index >= 15 is 0 Å². The third kappa shape index (κ3) is 4.84. The Morgan fingerprint density at radius 1 is 1.12 bits per heavy atom. The van der Waals surface area contributed by atoms with Gasteiger partial charge in [0.1, 0.15) is 9.88 Å². The van der Waals surface area contributed by atoms with E-state index in [1.807, 2.05) is 24.3 Å². The maximum atomic E-state index is 13.0. The molecule has 0 aliphatic heterocycles. The topological polar surface area (TPSA) is 68.0 Å². The van der Waals surface area contributed by atoms with E-state index in [0.717, 1.165) is 26.6 Å². The Kier molecular flexibility index (Phi) is 6.03. The number of amides is 1. The zero-order valence-corrected chi connectivity index (χ0v) is 18.3. The summed E-state index contributed by atoms with van der Waals surface area (Å²) in [5, 5.41) is 4.35. The van der Waals surface area contributed by atoms with E-state index in [1.54, 1.807) is 6.07 Å². The maximum Gasteiger partial charge on any atom is 0.416 e. The fourth-order valence-corrected chi connectivity index (χ4v) is 5.35. The number of thiophene rings is 1. The number of rotatable bonds is 6. The minimum atomic E-state index is -4.37. The van der Waals surface area contributed by atoms with Crippen LogP contribution in [-0.4, -0.2) is 17.4 Å². The number of thiazole rings is 1. The summed E-state index contributed by atoms with van der Waals surface area (Å²) < 4.78 is 40.0. The first kappa shape index (κ1) is 22.0. The lowest BCUT2D eigenvalue weighted by Crippen LogP contribution is -2.26. The van der Waals surface area contributed by atoms with Gasteiger partial charge < -0.3 is 11.1 Å². The van der Waals surface area contributed by atoms with Gasteiger partial charge in [-0.2, -0.15) is 13.2 Å². The van der Waals surface area contributed by atoms with Gasteiger partial charge in [0.2, 0.25) is 0 Å². The maximum absolute atomic E-state index is 13.0. The van der Waals surface area contributed by atoms with Gasteiger partial charge in [-0.15, -0.1) is 22.7 Å². The van der Waals surface area contributed by atoms with E-state index in [9.17, 15) is 18.0 Å². The van der Waals surface area contributed by atoms with Crippen molar-refractivity contribution in [2.45, 2.75) is 12.6 Å². The van der Waals surface area contributed by atoms with Crippen LogP contribution in [0.1, 0.15) is 25.7 Å². The summed E-state index contributed by atoms with van der Waals surface area (Å²) in [7, 11) is 0.